The zero-order valence-electron chi connectivity index (χ0n) is 13.2. The maximum absolute atomic E-state index is 13.2. The second kappa shape index (κ2) is 5.72. The van der Waals surface area contributed by atoms with Crippen LogP contribution in [-0.4, -0.2) is 42.3 Å². The van der Waals surface area contributed by atoms with E-state index < -0.39 is 23.5 Å². The minimum Gasteiger partial charge on any atom is -0.486 e. The van der Waals surface area contributed by atoms with Crippen LogP contribution in [0.4, 0.5) is 13.2 Å². The molecule has 1 fully saturated rings. The summed E-state index contributed by atoms with van der Waals surface area (Å²) in [7, 11) is 0. The van der Waals surface area contributed by atoms with Crippen LogP contribution in [-0.2, 0) is 0 Å². The van der Waals surface area contributed by atoms with E-state index in [-0.39, 0.29) is 23.6 Å². The molecule has 0 spiro atoms. The Balaban J connectivity index is 1.91. The van der Waals surface area contributed by atoms with E-state index in [2.05, 4.69) is 0 Å². The molecule has 1 aromatic carbocycles. The fourth-order valence-corrected chi connectivity index (χ4v) is 3.67. The third-order valence-corrected chi connectivity index (χ3v) is 4.95. The lowest BCUT2D eigenvalue weighted by molar-refractivity contribution is -0.189. The standard InChI is InChI=1S/C16H17ClF3NO3/c1-15(2)12(16(18,19)20)3-4-21(15)14(22)9-7-10(17)13-11(8-9)23-5-6-24-13/h7-8,12H,3-6H2,1-2H3/t12-/m1/s1. The zero-order chi connectivity index (χ0) is 17.7. The van der Waals surface area contributed by atoms with Gasteiger partial charge in [-0.15, -0.1) is 0 Å². The first-order valence-electron chi connectivity index (χ1n) is 7.60. The molecule has 0 saturated carbocycles. The van der Waals surface area contributed by atoms with E-state index in [0.29, 0.717) is 24.7 Å². The van der Waals surface area contributed by atoms with Crippen molar-refractivity contribution in [1.82, 2.24) is 4.90 Å². The summed E-state index contributed by atoms with van der Waals surface area (Å²) in [4.78, 5) is 14.0. The second-order valence-corrected chi connectivity index (χ2v) is 6.88. The topological polar surface area (TPSA) is 38.8 Å². The molecule has 4 nitrogen and oxygen atoms in total. The Bertz CT molecular complexity index is 675. The number of ether oxygens (including phenoxy) is 2. The zero-order valence-corrected chi connectivity index (χ0v) is 14.0. The van der Waals surface area contributed by atoms with E-state index in [4.69, 9.17) is 21.1 Å². The Kier molecular flexibility index (Phi) is 4.10. The number of alkyl halides is 3. The summed E-state index contributed by atoms with van der Waals surface area (Å²) in [6, 6.07) is 2.88. The predicted octanol–water partition coefficient (Wildman–Crippen LogP) is 3.91. The molecule has 1 atom stereocenters. The van der Waals surface area contributed by atoms with Gasteiger partial charge in [-0.05, 0) is 32.4 Å². The predicted molar refractivity (Wildman–Crippen MR) is 81.7 cm³/mol. The van der Waals surface area contributed by atoms with Gasteiger partial charge in [0, 0.05) is 17.6 Å². The van der Waals surface area contributed by atoms with Gasteiger partial charge in [-0.3, -0.25) is 4.79 Å². The molecule has 0 aliphatic carbocycles. The van der Waals surface area contributed by atoms with Crippen molar-refractivity contribution in [3.05, 3.63) is 22.7 Å². The molecule has 3 rings (SSSR count). The first-order valence-corrected chi connectivity index (χ1v) is 7.98. The number of nitrogens with zero attached hydrogens (tertiary/aromatic N) is 1. The summed E-state index contributed by atoms with van der Waals surface area (Å²) in [5.74, 6) is -1.36. The van der Waals surface area contributed by atoms with Gasteiger partial charge in [-0.25, -0.2) is 0 Å². The van der Waals surface area contributed by atoms with Crippen LogP contribution < -0.4 is 9.47 Å². The Morgan fingerprint density at radius 3 is 2.58 bits per heavy atom. The maximum Gasteiger partial charge on any atom is 0.394 e. The molecule has 8 heteroatoms. The molecule has 2 aliphatic heterocycles. The molecule has 1 saturated heterocycles. The number of carbonyl (C=O) groups is 1. The second-order valence-electron chi connectivity index (χ2n) is 6.48. The van der Waals surface area contributed by atoms with Crippen LogP contribution in [0.5, 0.6) is 11.5 Å². The summed E-state index contributed by atoms with van der Waals surface area (Å²) in [6.45, 7) is 3.60. The molecule has 1 amide bonds. The number of likely N-dealkylation sites (tertiary alicyclic amines) is 1. The first-order chi connectivity index (χ1) is 11.1. The molecular weight excluding hydrogens is 347 g/mol. The number of benzene rings is 1. The monoisotopic (exact) mass is 363 g/mol. The lowest BCUT2D eigenvalue weighted by Crippen LogP contribution is -2.49. The van der Waals surface area contributed by atoms with E-state index in [1.165, 1.54) is 30.9 Å². The van der Waals surface area contributed by atoms with Crippen LogP contribution in [0, 0.1) is 5.92 Å². The van der Waals surface area contributed by atoms with Crippen molar-refractivity contribution >= 4 is 17.5 Å². The van der Waals surface area contributed by atoms with E-state index in [1.807, 2.05) is 0 Å². The minimum absolute atomic E-state index is 0.0437. The van der Waals surface area contributed by atoms with Gasteiger partial charge in [0.05, 0.1) is 10.9 Å². The largest absolute Gasteiger partial charge is 0.486 e. The average Bonchev–Trinajstić information content (AvgIpc) is 2.81. The van der Waals surface area contributed by atoms with Crippen LogP contribution in [0.15, 0.2) is 12.1 Å². The van der Waals surface area contributed by atoms with Gasteiger partial charge in [-0.1, -0.05) is 11.6 Å². The first kappa shape index (κ1) is 17.2. The Labute approximate surface area is 142 Å². The van der Waals surface area contributed by atoms with E-state index in [9.17, 15) is 18.0 Å². The van der Waals surface area contributed by atoms with Crippen molar-refractivity contribution in [2.75, 3.05) is 19.8 Å². The SMILES string of the molecule is CC1(C)[C@H](C(F)(F)F)CCN1C(=O)c1cc(Cl)c2c(c1)OCCO2. The highest BCUT2D eigenvalue weighted by Gasteiger charge is 2.56. The fourth-order valence-electron chi connectivity index (χ4n) is 3.41. The number of hydrogen-bond donors (Lipinski definition) is 0. The normalized spacial score (nSPS) is 22.6. The molecule has 1 aromatic rings. The van der Waals surface area contributed by atoms with E-state index >= 15 is 0 Å². The van der Waals surface area contributed by atoms with Crippen LogP contribution in [0.3, 0.4) is 0 Å². The molecule has 132 valence electrons. The molecule has 0 unspecified atom stereocenters. The Hall–Kier alpha value is -1.63. The molecule has 24 heavy (non-hydrogen) atoms. The molecule has 0 N–H and O–H groups in total. The highest BCUT2D eigenvalue weighted by Crippen LogP contribution is 2.46. The number of halogens is 4. The van der Waals surface area contributed by atoms with Gasteiger partial charge < -0.3 is 14.4 Å². The lowest BCUT2D eigenvalue weighted by Gasteiger charge is -2.37. The highest BCUT2D eigenvalue weighted by molar-refractivity contribution is 6.32. The average molecular weight is 364 g/mol. The van der Waals surface area contributed by atoms with Crippen LogP contribution in [0.1, 0.15) is 30.6 Å². The number of carbonyl (C=O) groups excluding carboxylic acids is 1. The number of hydrogen-bond acceptors (Lipinski definition) is 3. The quantitative estimate of drug-likeness (QED) is 0.759. The van der Waals surface area contributed by atoms with Gasteiger partial charge in [0.25, 0.3) is 5.91 Å². The molecule has 2 aliphatic rings. The fraction of sp³-hybridized carbons (Fsp3) is 0.562. The van der Waals surface area contributed by atoms with Crippen molar-refractivity contribution < 1.29 is 27.4 Å². The van der Waals surface area contributed by atoms with E-state index in [0.717, 1.165) is 0 Å². The number of rotatable bonds is 1. The van der Waals surface area contributed by atoms with Gasteiger partial charge in [0.15, 0.2) is 11.5 Å². The Morgan fingerprint density at radius 2 is 1.96 bits per heavy atom. The molecule has 0 aromatic heterocycles. The lowest BCUT2D eigenvalue weighted by atomic mass is 9.87. The van der Waals surface area contributed by atoms with Gasteiger partial charge in [0.2, 0.25) is 0 Å². The Morgan fingerprint density at radius 1 is 1.29 bits per heavy atom. The van der Waals surface area contributed by atoms with Crippen LogP contribution in [0.2, 0.25) is 5.02 Å². The van der Waals surface area contributed by atoms with Crippen molar-refractivity contribution in [1.29, 1.82) is 0 Å². The van der Waals surface area contributed by atoms with Gasteiger partial charge in [-0.2, -0.15) is 13.2 Å². The third kappa shape index (κ3) is 2.79. The van der Waals surface area contributed by atoms with Crippen molar-refractivity contribution in [2.45, 2.75) is 32.0 Å². The minimum atomic E-state index is -4.34. The highest BCUT2D eigenvalue weighted by atomic mass is 35.5. The third-order valence-electron chi connectivity index (χ3n) is 4.67. The summed E-state index contributed by atoms with van der Waals surface area (Å²) in [6.07, 6.45) is -4.45. The van der Waals surface area contributed by atoms with Crippen molar-refractivity contribution in [3.8, 4) is 11.5 Å². The summed E-state index contributed by atoms with van der Waals surface area (Å²) < 4.78 is 50.4. The smallest absolute Gasteiger partial charge is 0.394 e. The molecule has 0 radical (unpaired) electrons. The van der Waals surface area contributed by atoms with Crippen molar-refractivity contribution in [3.63, 3.8) is 0 Å². The van der Waals surface area contributed by atoms with Gasteiger partial charge >= 0.3 is 6.18 Å². The van der Waals surface area contributed by atoms with Crippen LogP contribution >= 0.6 is 11.6 Å². The van der Waals surface area contributed by atoms with Crippen molar-refractivity contribution in [2.24, 2.45) is 5.92 Å². The molecular formula is C16H17ClF3NO3. The summed E-state index contributed by atoms with van der Waals surface area (Å²) in [5.41, 5.74) is -1.13. The number of fused-ring (bicyclic) bond motifs is 1. The maximum atomic E-state index is 13.2. The number of amides is 1. The van der Waals surface area contributed by atoms with Crippen LogP contribution in [0.25, 0.3) is 0 Å². The van der Waals surface area contributed by atoms with E-state index in [1.54, 1.807) is 0 Å². The molecule has 2 heterocycles. The van der Waals surface area contributed by atoms with Gasteiger partial charge in [0.1, 0.15) is 13.2 Å². The summed E-state index contributed by atoms with van der Waals surface area (Å²) in [5, 5.41) is 0.208. The summed E-state index contributed by atoms with van der Waals surface area (Å²) >= 11 is 6.11. The molecule has 0 bridgehead atoms.